The number of alkyl halides is 1. The fourth-order valence-electron chi connectivity index (χ4n) is 7.37. The minimum Gasteiger partial charge on any atom is -0.461 e. The highest BCUT2D eigenvalue weighted by Gasteiger charge is 2.49. The maximum atomic E-state index is 16.9. The van der Waals surface area contributed by atoms with Gasteiger partial charge in [0.05, 0.1) is 27.9 Å². The zero-order chi connectivity index (χ0) is 29.9. The molecule has 3 fully saturated rings. The highest BCUT2D eigenvalue weighted by molar-refractivity contribution is 6.34. The van der Waals surface area contributed by atoms with Crippen LogP contribution in [-0.4, -0.2) is 80.3 Å². The van der Waals surface area contributed by atoms with Crippen LogP contribution in [-0.2, 0) is 0 Å². The first-order valence-corrected chi connectivity index (χ1v) is 15.3. The number of H-pyrrole nitrogens is 1. The van der Waals surface area contributed by atoms with Crippen molar-refractivity contribution < 1.29 is 18.6 Å². The zero-order valence-electron chi connectivity index (χ0n) is 24.3. The lowest BCUT2D eigenvalue weighted by atomic mass is 9.93. The second-order valence-electron chi connectivity index (χ2n) is 12.5. The van der Waals surface area contributed by atoms with E-state index in [1.54, 1.807) is 25.3 Å². The van der Waals surface area contributed by atoms with Crippen LogP contribution < -0.4 is 9.64 Å². The molecule has 0 radical (unpaired) electrons. The molecule has 2 N–H and O–H groups in total. The van der Waals surface area contributed by atoms with E-state index in [2.05, 4.69) is 20.1 Å². The van der Waals surface area contributed by atoms with Crippen molar-refractivity contribution in [3.8, 4) is 17.1 Å². The minimum absolute atomic E-state index is 0.0422. The number of anilines is 1. The average molecular weight is 609 g/mol. The van der Waals surface area contributed by atoms with Crippen molar-refractivity contribution >= 4 is 45.3 Å². The van der Waals surface area contributed by atoms with Gasteiger partial charge >= 0.3 is 6.01 Å². The molecule has 2 aromatic carbocycles. The number of allylic oxidation sites excluding steroid dienone is 1. The van der Waals surface area contributed by atoms with Crippen molar-refractivity contribution in [3.63, 3.8) is 0 Å². The van der Waals surface area contributed by atoms with Crippen molar-refractivity contribution in [2.24, 2.45) is 0 Å². The number of fused-ring (bicyclic) bond motifs is 3. The van der Waals surface area contributed by atoms with Crippen molar-refractivity contribution in [2.75, 3.05) is 37.7 Å². The number of β-amino-alcohol motifs (C(OH)–C–C–N with tert-alkyl or cyclic N) is 1. The summed E-state index contributed by atoms with van der Waals surface area (Å²) < 4.78 is 37.5. The Morgan fingerprint density at radius 3 is 2.86 bits per heavy atom. The molecular formula is C32H35ClF2N6O2. The Balaban J connectivity index is 1.38. The Morgan fingerprint density at radius 1 is 1.21 bits per heavy atom. The highest BCUT2D eigenvalue weighted by atomic mass is 35.5. The number of hydrogen-bond acceptors (Lipinski definition) is 7. The molecule has 0 amide bonds. The van der Waals surface area contributed by atoms with Crippen LogP contribution in [0.1, 0.15) is 51.5 Å². The van der Waals surface area contributed by atoms with Crippen LogP contribution in [0.5, 0.6) is 6.01 Å². The van der Waals surface area contributed by atoms with Crippen molar-refractivity contribution in [2.45, 2.75) is 63.3 Å². The van der Waals surface area contributed by atoms with E-state index in [4.69, 9.17) is 21.3 Å². The molecule has 0 bridgehead atoms. The summed E-state index contributed by atoms with van der Waals surface area (Å²) in [5.41, 5.74) is 1.11. The molecule has 3 atom stereocenters. The van der Waals surface area contributed by atoms with Gasteiger partial charge in [-0.2, -0.15) is 15.1 Å². The molecule has 43 heavy (non-hydrogen) atoms. The van der Waals surface area contributed by atoms with E-state index in [0.29, 0.717) is 70.9 Å². The van der Waals surface area contributed by atoms with Gasteiger partial charge in [0, 0.05) is 53.5 Å². The molecule has 7 rings (SSSR count). The number of hydrogen-bond donors (Lipinski definition) is 2. The first-order chi connectivity index (χ1) is 20.7. The summed E-state index contributed by atoms with van der Waals surface area (Å²) in [5, 5.41) is 19.7. The Labute approximate surface area is 253 Å². The molecule has 0 aliphatic carbocycles. The molecule has 0 spiro atoms. The number of nitrogens with zero attached hydrogens (tertiary/aromatic N) is 5. The fourth-order valence-corrected chi connectivity index (χ4v) is 7.63. The number of ether oxygens (including phenoxy) is 1. The summed E-state index contributed by atoms with van der Waals surface area (Å²) in [7, 11) is 0. The Bertz CT molecular complexity index is 1740. The van der Waals surface area contributed by atoms with E-state index < -0.39 is 23.1 Å². The normalized spacial score (nSPS) is 26.3. The van der Waals surface area contributed by atoms with E-state index in [9.17, 15) is 9.50 Å². The molecule has 11 heteroatoms. The Hall–Kier alpha value is -3.34. The highest BCUT2D eigenvalue weighted by Crippen LogP contribution is 2.43. The SMILES string of the molecule is C/C=C\c1c(Cl)cc2[nH]ncc2c1-c1ccc2c(N3CCC[C@@](C)(O)C3)nc(OC[C@@]34CCCN3C[C@H](F)C4)nc2c1F. The van der Waals surface area contributed by atoms with Gasteiger partial charge in [-0.05, 0) is 58.2 Å². The van der Waals surface area contributed by atoms with E-state index >= 15 is 4.39 Å². The van der Waals surface area contributed by atoms with Crippen LogP contribution in [0.25, 0.3) is 39.0 Å². The lowest BCUT2D eigenvalue weighted by molar-refractivity contribution is 0.0447. The van der Waals surface area contributed by atoms with Gasteiger partial charge in [-0.15, -0.1) is 0 Å². The van der Waals surface area contributed by atoms with Crippen molar-refractivity contribution in [3.05, 3.63) is 46.9 Å². The molecule has 8 nitrogen and oxygen atoms in total. The number of benzene rings is 2. The molecule has 4 aromatic rings. The Kier molecular flexibility index (Phi) is 7.06. The fraction of sp³-hybridized carbons (Fsp3) is 0.469. The molecule has 2 aromatic heterocycles. The molecular weight excluding hydrogens is 574 g/mol. The molecule has 0 saturated carbocycles. The number of aromatic nitrogens is 4. The number of halogens is 3. The lowest BCUT2D eigenvalue weighted by Gasteiger charge is -2.38. The quantitative estimate of drug-likeness (QED) is 0.265. The minimum atomic E-state index is -0.909. The van der Waals surface area contributed by atoms with E-state index in [1.165, 1.54) is 0 Å². The first kappa shape index (κ1) is 28.4. The van der Waals surface area contributed by atoms with Crippen molar-refractivity contribution in [1.82, 2.24) is 25.1 Å². The van der Waals surface area contributed by atoms with Crippen LogP contribution in [0.15, 0.2) is 30.5 Å². The molecule has 3 aliphatic rings. The maximum absolute atomic E-state index is 16.9. The van der Waals surface area contributed by atoms with Gasteiger partial charge in [-0.1, -0.05) is 29.8 Å². The predicted molar refractivity (Wildman–Crippen MR) is 165 cm³/mol. The van der Waals surface area contributed by atoms with E-state index in [1.807, 2.05) is 30.0 Å². The summed E-state index contributed by atoms with van der Waals surface area (Å²) in [6.45, 7) is 6.16. The molecule has 0 unspecified atom stereocenters. The zero-order valence-corrected chi connectivity index (χ0v) is 25.1. The largest absolute Gasteiger partial charge is 0.461 e. The number of rotatable bonds is 6. The van der Waals surface area contributed by atoms with E-state index in [0.717, 1.165) is 31.2 Å². The van der Waals surface area contributed by atoms with Gasteiger partial charge in [0.25, 0.3) is 0 Å². The topological polar surface area (TPSA) is 90.4 Å². The molecule has 226 valence electrons. The summed E-state index contributed by atoms with van der Waals surface area (Å²) in [5.74, 6) is -0.0233. The average Bonchev–Trinajstić information content (AvgIpc) is 3.66. The van der Waals surface area contributed by atoms with Crippen LogP contribution in [0.4, 0.5) is 14.6 Å². The second kappa shape index (κ2) is 10.7. The summed E-state index contributed by atoms with van der Waals surface area (Å²) in [6, 6.07) is 5.38. The van der Waals surface area contributed by atoms with Gasteiger partial charge < -0.3 is 14.7 Å². The number of aliphatic hydroxyl groups is 1. The smallest absolute Gasteiger partial charge is 0.319 e. The summed E-state index contributed by atoms with van der Waals surface area (Å²) in [4.78, 5) is 13.6. The number of aromatic amines is 1. The Morgan fingerprint density at radius 2 is 2.05 bits per heavy atom. The van der Waals surface area contributed by atoms with Gasteiger partial charge in [0.1, 0.15) is 24.1 Å². The van der Waals surface area contributed by atoms with Crippen LogP contribution in [0.3, 0.4) is 0 Å². The number of piperidine rings is 1. The monoisotopic (exact) mass is 608 g/mol. The summed E-state index contributed by atoms with van der Waals surface area (Å²) in [6.07, 6.45) is 8.15. The van der Waals surface area contributed by atoms with Crippen LogP contribution in [0, 0.1) is 5.82 Å². The van der Waals surface area contributed by atoms with Crippen LogP contribution >= 0.6 is 11.6 Å². The lowest BCUT2D eigenvalue weighted by Crippen LogP contribution is -2.46. The molecule has 3 saturated heterocycles. The number of nitrogens with one attached hydrogen (secondary N) is 1. The van der Waals surface area contributed by atoms with Gasteiger partial charge in [0.2, 0.25) is 0 Å². The third-order valence-corrected chi connectivity index (χ3v) is 9.62. The van der Waals surface area contributed by atoms with E-state index in [-0.39, 0.29) is 18.1 Å². The summed E-state index contributed by atoms with van der Waals surface area (Å²) >= 11 is 6.67. The van der Waals surface area contributed by atoms with Crippen LogP contribution in [0.2, 0.25) is 5.02 Å². The third kappa shape index (κ3) is 4.93. The third-order valence-electron chi connectivity index (χ3n) is 9.31. The van der Waals surface area contributed by atoms with Gasteiger partial charge in [-0.3, -0.25) is 10.00 Å². The second-order valence-corrected chi connectivity index (χ2v) is 12.9. The molecule has 3 aliphatic heterocycles. The van der Waals surface area contributed by atoms with Gasteiger partial charge in [0.15, 0.2) is 5.82 Å². The predicted octanol–water partition coefficient (Wildman–Crippen LogP) is 6.31. The van der Waals surface area contributed by atoms with Crippen molar-refractivity contribution in [1.29, 1.82) is 0 Å². The standard InChI is InChI=1S/C32H35ClF2N6O2/c1-3-6-20-24(33)13-25-23(15-36-39-25)26(20)21-7-8-22-28(27(21)35)37-30(38-29(22)40-11-4-9-31(2,42)17-40)43-18-32-10-5-12-41(32)16-19(34)14-32/h3,6-8,13,15,19,42H,4-5,9-12,14,16-18H2,1-2H3,(H,36,39)/b6-3-/t19-,31-,32+/m1/s1. The van der Waals surface area contributed by atoms with Gasteiger partial charge in [-0.25, -0.2) is 8.78 Å². The first-order valence-electron chi connectivity index (χ1n) is 15.0. The maximum Gasteiger partial charge on any atom is 0.319 e. The molecule has 5 heterocycles.